The van der Waals surface area contributed by atoms with Crippen LogP contribution in [0.1, 0.15) is 22.8 Å². The van der Waals surface area contributed by atoms with E-state index in [1.54, 1.807) is 0 Å². The van der Waals surface area contributed by atoms with E-state index in [0.29, 0.717) is 5.56 Å². The predicted octanol–water partition coefficient (Wildman–Crippen LogP) is 2.31. The van der Waals surface area contributed by atoms with Crippen LogP contribution in [-0.4, -0.2) is 41.7 Å². The number of aromatic nitrogens is 2. The molecule has 2 aromatic rings. The molecule has 150 valence electrons. The molecular formula is C17H17F3N4O4. The molecule has 0 unspecified atom stereocenters. The highest BCUT2D eigenvalue weighted by Crippen LogP contribution is 2.27. The summed E-state index contributed by atoms with van der Waals surface area (Å²) in [5.74, 6) is -0.826. The van der Waals surface area contributed by atoms with Gasteiger partial charge in [0, 0.05) is 31.4 Å². The Bertz CT molecular complexity index is 859. The Morgan fingerprint density at radius 1 is 1.21 bits per heavy atom. The molecule has 2 aromatic heterocycles. The summed E-state index contributed by atoms with van der Waals surface area (Å²) in [5.41, 5.74) is 0.754. The van der Waals surface area contributed by atoms with Crippen molar-refractivity contribution in [3.63, 3.8) is 0 Å². The first kappa shape index (κ1) is 20.9. The lowest BCUT2D eigenvalue weighted by atomic mass is 10.2. The lowest BCUT2D eigenvalue weighted by Crippen LogP contribution is -2.23. The maximum atomic E-state index is 12.3. The summed E-state index contributed by atoms with van der Waals surface area (Å²) in [6, 6.07) is 4.28. The standard InChI is InChI=1S/C17H17F3N4O4/c1-10(25)24-14-6-12(3-4-21-14)15(26)22-7-11-5-13(27-2)16(23-8-11)28-9-17(18,19)20/h3-6,8H,7,9H2,1-2H3,(H,22,26)(H,21,24,25). The smallest absolute Gasteiger partial charge is 0.422 e. The summed E-state index contributed by atoms with van der Waals surface area (Å²) in [4.78, 5) is 31.0. The van der Waals surface area contributed by atoms with E-state index in [9.17, 15) is 22.8 Å². The van der Waals surface area contributed by atoms with E-state index in [-0.39, 0.29) is 35.5 Å². The predicted molar refractivity (Wildman–Crippen MR) is 92.0 cm³/mol. The Hall–Kier alpha value is -3.37. The van der Waals surface area contributed by atoms with Gasteiger partial charge < -0.3 is 20.1 Å². The molecule has 0 aliphatic carbocycles. The average Bonchev–Trinajstić information content (AvgIpc) is 2.63. The number of carbonyl (C=O) groups excluding carboxylic acids is 2. The van der Waals surface area contributed by atoms with Crippen LogP contribution in [0.25, 0.3) is 0 Å². The van der Waals surface area contributed by atoms with Gasteiger partial charge in [-0.05, 0) is 23.8 Å². The molecule has 11 heteroatoms. The summed E-state index contributed by atoms with van der Waals surface area (Å²) >= 11 is 0. The Labute approximate surface area is 158 Å². The molecule has 2 amide bonds. The lowest BCUT2D eigenvalue weighted by molar-refractivity contribution is -0.154. The number of hydrogen-bond donors (Lipinski definition) is 2. The zero-order chi connectivity index (χ0) is 20.7. The monoisotopic (exact) mass is 398 g/mol. The van der Waals surface area contributed by atoms with E-state index in [2.05, 4.69) is 25.3 Å². The molecule has 0 fully saturated rings. The second kappa shape index (κ2) is 9.02. The third-order valence-electron chi connectivity index (χ3n) is 3.25. The van der Waals surface area contributed by atoms with Crippen molar-refractivity contribution in [2.75, 3.05) is 19.0 Å². The zero-order valence-corrected chi connectivity index (χ0v) is 15.0. The number of nitrogens with one attached hydrogen (secondary N) is 2. The highest BCUT2D eigenvalue weighted by molar-refractivity contribution is 5.96. The molecule has 0 aliphatic rings. The van der Waals surface area contributed by atoms with E-state index < -0.39 is 18.7 Å². The van der Waals surface area contributed by atoms with Gasteiger partial charge in [-0.1, -0.05) is 0 Å². The normalized spacial score (nSPS) is 10.9. The molecule has 0 saturated carbocycles. The molecule has 28 heavy (non-hydrogen) atoms. The van der Waals surface area contributed by atoms with Gasteiger partial charge in [0.2, 0.25) is 5.91 Å². The van der Waals surface area contributed by atoms with Crippen LogP contribution in [0.4, 0.5) is 19.0 Å². The summed E-state index contributed by atoms with van der Waals surface area (Å²) in [6.45, 7) is -0.137. The minimum Gasteiger partial charge on any atom is -0.491 e. The maximum absolute atomic E-state index is 12.3. The molecule has 0 bridgehead atoms. The fourth-order valence-electron chi connectivity index (χ4n) is 2.08. The zero-order valence-electron chi connectivity index (χ0n) is 15.0. The largest absolute Gasteiger partial charge is 0.491 e. The number of rotatable bonds is 7. The van der Waals surface area contributed by atoms with E-state index in [1.807, 2.05) is 0 Å². The van der Waals surface area contributed by atoms with Gasteiger partial charge in [-0.3, -0.25) is 9.59 Å². The second-order valence-electron chi connectivity index (χ2n) is 5.55. The van der Waals surface area contributed by atoms with Crippen LogP contribution in [-0.2, 0) is 11.3 Å². The quantitative estimate of drug-likeness (QED) is 0.742. The lowest BCUT2D eigenvalue weighted by Gasteiger charge is -2.13. The number of carbonyl (C=O) groups is 2. The van der Waals surface area contributed by atoms with Crippen molar-refractivity contribution in [3.05, 3.63) is 41.7 Å². The first-order valence-corrected chi connectivity index (χ1v) is 7.92. The molecule has 2 heterocycles. The van der Waals surface area contributed by atoms with Crippen LogP contribution >= 0.6 is 0 Å². The molecule has 0 saturated heterocycles. The molecule has 0 spiro atoms. The van der Waals surface area contributed by atoms with Gasteiger partial charge in [0.05, 0.1) is 7.11 Å². The SMILES string of the molecule is COc1cc(CNC(=O)c2ccnc(NC(C)=O)c2)cnc1OCC(F)(F)F. The van der Waals surface area contributed by atoms with Crippen LogP contribution in [0.3, 0.4) is 0 Å². The first-order valence-electron chi connectivity index (χ1n) is 7.92. The summed E-state index contributed by atoms with van der Waals surface area (Å²) in [5, 5.41) is 5.09. The van der Waals surface area contributed by atoms with Crippen LogP contribution in [0.5, 0.6) is 11.6 Å². The number of nitrogens with zero attached hydrogens (tertiary/aromatic N) is 2. The van der Waals surface area contributed by atoms with Crippen molar-refractivity contribution in [2.24, 2.45) is 0 Å². The Morgan fingerprint density at radius 2 is 1.96 bits per heavy atom. The summed E-state index contributed by atoms with van der Waals surface area (Å²) in [6.07, 6.45) is -1.86. The van der Waals surface area contributed by atoms with E-state index in [0.717, 1.165) is 0 Å². The van der Waals surface area contributed by atoms with Crippen molar-refractivity contribution in [3.8, 4) is 11.6 Å². The maximum Gasteiger partial charge on any atom is 0.422 e. The van der Waals surface area contributed by atoms with Crippen LogP contribution in [0.15, 0.2) is 30.6 Å². The Balaban J connectivity index is 2.02. The first-order chi connectivity index (χ1) is 13.2. The van der Waals surface area contributed by atoms with E-state index in [4.69, 9.17) is 4.74 Å². The summed E-state index contributed by atoms with van der Waals surface area (Å²) < 4.78 is 46.3. The van der Waals surface area contributed by atoms with E-state index in [1.165, 1.54) is 44.6 Å². The molecular weight excluding hydrogens is 381 g/mol. The number of pyridine rings is 2. The number of ether oxygens (including phenoxy) is 2. The van der Waals surface area contributed by atoms with Gasteiger partial charge in [0.15, 0.2) is 12.4 Å². The minimum atomic E-state index is -4.50. The Morgan fingerprint density at radius 3 is 2.61 bits per heavy atom. The Kier molecular flexibility index (Phi) is 6.74. The van der Waals surface area contributed by atoms with Crippen molar-refractivity contribution < 1.29 is 32.2 Å². The van der Waals surface area contributed by atoms with Gasteiger partial charge >= 0.3 is 6.18 Å². The number of amides is 2. The summed E-state index contributed by atoms with van der Waals surface area (Å²) in [7, 11) is 1.26. The molecule has 0 atom stereocenters. The molecule has 2 rings (SSSR count). The van der Waals surface area contributed by atoms with Gasteiger partial charge in [0.25, 0.3) is 11.8 Å². The molecule has 0 aliphatic heterocycles. The topological polar surface area (TPSA) is 102 Å². The second-order valence-corrected chi connectivity index (χ2v) is 5.55. The highest BCUT2D eigenvalue weighted by atomic mass is 19.4. The number of anilines is 1. The third kappa shape index (κ3) is 6.41. The van der Waals surface area contributed by atoms with Crippen LogP contribution < -0.4 is 20.1 Å². The van der Waals surface area contributed by atoms with Crippen molar-refractivity contribution in [2.45, 2.75) is 19.6 Å². The highest BCUT2D eigenvalue weighted by Gasteiger charge is 2.29. The van der Waals surface area contributed by atoms with Crippen LogP contribution in [0.2, 0.25) is 0 Å². The van der Waals surface area contributed by atoms with Gasteiger partial charge in [-0.25, -0.2) is 9.97 Å². The average molecular weight is 398 g/mol. The van der Waals surface area contributed by atoms with Crippen LogP contribution in [0, 0.1) is 0 Å². The van der Waals surface area contributed by atoms with Gasteiger partial charge in [0.1, 0.15) is 5.82 Å². The number of hydrogen-bond acceptors (Lipinski definition) is 6. The number of methoxy groups -OCH3 is 1. The minimum absolute atomic E-state index is 0.00727. The van der Waals surface area contributed by atoms with Gasteiger partial charge in [-0.15, -0.1) is 0 Å². The fourth-order valence-corrected chi connectivity index (χ4v) is 2.08. The van der Waals surface area contributed by atoms with Gasteiger partial charge in [-0.2, -0.15) is 13.2 Å². The number of halogens is 3. The van der Waals surface area contributed by atoms with Crippen molar-refractivity contribution >= 4 is 17.6 Å². The molecule has 0 aromatic carbocycles. The number of alkyl halides is 3. The van der Waals surface area contributed by atoms with Crippen molar-refractivity contribution in [1.82, 2.24) is 15.3 Å². The molecule has 8 nitrogen and oxygen atoms in total. The molecule has 0 radical (unpaired) electrons. The van der Waals surface area contributed by atoms with Crippen molar-refractivity contribution in [1.29, 1.82) is 0 Å². The third-order valence-corrected chi connectivity index (χ3v) is 3.25. The fraction of sp³-hybridized carbons (Fsp3) is 0.294. The molecule has 2 N–H and O–H groups in total. The van der Waals surface area contributed by atoms with E-state index >= 15 is 0 Å².